The first-order valence-corrected chi connectivity index (χ1v) is 10.2. The lowest BCUT2D eigenvalue weighted by Crippen LogP contribution is -2.00. The Morgan fingerprint density at radius 3 is 2.19 bits per heavy atom. The van der Waals surface area contributed by atoms with Crippen LogP contribution in [0.15, 0.2) is 72.8 Å². The van der Waals surface area contributed by atoms with Gasteiger partial charge in [-0.05, 0) is 53.5 Å². The van der Waals surface area contributed by atoms with Crippen LogP contribution in [0.1, 0.15) is 27.0 Å². The molecule has 0 aliphatic heterocycles. The summed E-state index contributed by atoms with van der Waals surface area (Å²) >= 11 is 0. The normalized spacial score (nSPS) is 11.1. The Kier molecular flexibility index (Phi) is 7.70. The first kappa shape index (κ1) is 22.7. The fourth-order valence-electron chi connectivity index (χ4n) is 3.37. The molecule has 3 rings (SSSR count). The van der Waals surface area contributed by atoms with Crippen molar-refractivity contribution >= 4 is 23.6 Å². The second-order valence-electron chi connectivity index (χ2n) is 7.05. The topological polar surface area (TPSA) is 70.8 Å². The smallest absolute Gasteiger partial charge is 0.203 e. The number of hydrogen-bond donors (Lipinski definition) is 1. The Hall–Kier alpha value is -3.99. The standard InChI is InChI=1S/C27H27NO4/c1-30-25-17-19(18-26(31-2)27(25)32-3)15-16-21-10-5-4-9-20(21)11-8-14-24(29)22-12-6-7-13-23(22)28/h4-10,12-18H,11,28H2,1-3H3/b14-8-,16-15-. The number of carbonyl (C=O) groups excluding carboxylic acids is 1. The van der Waals surface area contributed by atoms with E-state index in [9.17, 15) is 4.79 Å². The maximum atomic E-state index is 12.4. The zero-order chi connectivity index (χ0) is 22.9. The van der Waals surface area contributed by atoms with Crippen LogP contribution in [0.25, 0.3) is 12.2 Å². The molecule has 0 saturated carbocycles. The molecule has 0 spiro atoms. The van der Waals surface area contributed by atoms with Gasteiger partial charge < -0.3 is 19.9 Å². The molecule has 0 heterocycles. The van der Waals surface area contributed by atoms with Crippen LogP contribution in [-0.4, -0.2) is 27.1 Å². The predicted molar refractivity (Wildman–Crippen MR) is 129 cm³/mol. The highest BCUT2D eigenvalue weighted by Gasteiger charge is 2.12. The van der Waals surface area contributed by atoms with E-state index in [0.29, 0.717) is 34.9 Å². The molecule has 0 radical (unpaired) electrons. The number of nitrogens with two attached hydrogens (primary N) is 1. The minimum absolute atomic E-state index is 0.103. The SMILES string of the molecule is COc1cc(/C=C\c2ccccc2C/C=C\C(=O)c2ccccc2N)cc(OC)c1OC. The van der Waals surface area contributed by atoms with Crippen molar-refractivity contribution in [3.63, 3.8) is 0 Å². The highest BCUT2D eigenvalue weighted by atomic mass is 16.5. The number of anilines is 1. The zero-order valence-corrected chi connectivity index (χ0v) is 18.5. The third-order valence-electron chi connectivity index (χ3n) is 5.03. The number of ether oxygens (including phenoxy) is 3. The summed E-state index contributed by atoms with van der Waals surface area (Å²) < 4.78 is 16.2. The maximum Gasteiger partial charge on any atom is 0.203 e. The van der Waals surface area contributed by atoms with Crippen molar-refractivity contribution in [2.45, 2.75) is 6.42 Å². The molecule has 0 bridgehead atoms. The quantitative estimate of drug-likeness (QED) is 0.212. The van der Waals surface area contributed by atoms with Gasteiger partial charge in [-0.25, -0.2) is 0 Å². The summed E-state index contributed by atoms with van der Waals surface area (Å²) in [5.41, 5.74) is 9.96. The molecule has 0 aliphatic rings. The monoisotopic (exact) mass is 429 g/mol. The van der Waals surface area contributed by atoms with Crippen LogP contribution in [0.3, 0.4) is 0 Å². The number of allylic oxidation sites excluding steroid dienone is 2. The van der Waals surface area contributed by atoms with Gasteiger partial charge in [0.05, 0.1) is 21.3 Å². The van der Waals surface area contributed by atoms with E-state index in [1.54, 1.807) is 45.6 Å². The van der Waals surface area contributed by atoms with Crippen LogP contribution in [0.5, 0.6) is 17.2 Å². The predicted octanol–water partition coefficient (Wildman–Crippen LogP) is 5.45. The summed E-state index contributed by atoms with van der Waals surface area (Å²) in [6.45, 7) is 0. The van der Waals surface area contributed by atoms with E-state index in [0.717, 1.165) is 16.7 Å². The Morgan fingerprint density at radius 2 is 1.53 bits per heavy atom. The molecule has 5 nitrogen and oxygen atoms in total. The molecule has 164 valence electrons. The average Bonchev–Trinajstić information content (AvgIpc) is 2.82. The van der Waals surface area contributed by atoms with Crippen LogP contribution in [0.2, 0.25) is 0 Å². The first-order chi connectivity index (χ1) is 15.6. The third kappa shape index (κ3) is 5.38. The molecular formula is C27H27NO4. The van der Waals surface area contributed by atoms with E-state index in [-0.39, 0.29) is 5.78 Å². The summed E-state index contributed by atoms with van der Waals surface area (Å²) in [5.74, 6) is 1.65. The molecule has 3 aromatic carbocycles. The molecule has 0 unspecified atom stereocenters. The van der Waals surface area contributed by atoms with E-state index >= 15 is 0 Å². The van der Waals surface area contributed by atoms with Gasteiger partial charge in [-0.2, -0.15) is 0 Å². The fraction of sp³-hybridized carbons (Fsp3) is 0.148. The molecule has 3 aromatic rings. The van der Waals surface area contributed by atoms with Gasteiger partial charge in [0.25, 0.3) is 0 Å². The minimum Gasteiger partial charge on any atom is -0.493 e. The van der Waals surface area contributed by atoms with Crippen LogP contribution >= 0.6 is 0 Å². The van der Waals surface area contributed by atoms with Gasteiger partial charge in [0.2, 0.25) is 5.75 Å². The van der Waals surface area contributed by atoms with Crippen molar-refractivity contribution < 1.29 is 19.0 Å². The second kappa shape index (κ2) is 10.9. The van der Waals surface area contributed by atoms with E-state index < -0.39 is 0 Å². The molecule has 0 atom stereocenters. The number of rotatable bonds is 9. The van der Waals surface area contributed by atoms with Gasteiger partial charge in [0, 0.05) is 11.3 Å². The largest absolute Gasteiger partial charge is 0.493 e. The Morgan fingerprint density at radius 1 is 0.875 bits per heavy atom. The minimum atomic E-state index is -0.103. The summed E-state index contributed by atoms with van der Waals surface area (Å²) in [5, 5.41) is 0. The lowest BCUT2D eigenvalue weighted by molar-refractivity contribution is 0.104. The molecule has 0 saturated heterocycles. The van der Waals surface area contributed by atoms with Gasteiger partial charge >= 0.3 is 0 Å². The molecule has 5 heteroatoms. The highest BCUT2D eigenvalue weighted by molar-refractivity contribution is 6.08. The van der Waals surface area contributed by atoms with E-state index in [1.165, 1.54) is 0 Å². The molecule has 0 amide bonds. The molecule has 0 aliphatic carbocycles. The van der Waals surface area contributed by atoms with Gasteiger partial charge in [-0.3, -0.25) is 4.79 Å². The molecule has 32 heavy (non-hydrogen) atoms. The van der Waals surface area contributed by atoms with Crippen molar-refractivity contribution in [3.8, 4) is 17.2 Å². The van der Waals surface area contributed by atoms with E-state index in [2.05, 4.69) is 0 Å². The number of para-hydroxylation sites is 1. The zero-order valence-electron chi connectivity index (χ0n) is 18.5. The van der Waals surface area contributed by atoms with Crippen molar-refractivity contribution in [1.82, 2.24) is 0 Å². The Labute approximate surface area is 188 Å². The number of benzene rings is 3. The summed E-state index contributed by atoms with van der Waals surface area (Å²) in [7, 11) is 4.77. The number of hydrogen-bond acceptors (Lipinski definition) is 5. The molecule has 2 N–H and O–H groups in total. The van der Waals surface area contributed by atoms with Crippen LogP contribution in [0, 0.1) is 0 Å². The van der Waals surface area contributed by atoms with Crippen LogP contribution < -0.4 is 19.9 Å². The van der Waals surface area contributed by atoms with Gasteiger partial charge in [0.15, 0.2) is 17.3 Å². The number of carbonyl (C=O) groups is 1. The summed E-state index contributed by atoms with van der Waals surface area (Å²) in [6.07, 6.45) is 8.07. The van der Waals surface area contributed by atoms with E-state index in [1.807, 2.05) is 60.7 Å². The Bertz CT molecular complexity index is 1120. The van der Waals surface area contributed by atoms with Crippen molar-refractivity contribution in [3.05, 3.63) is 95.1 Å². The maximum absolute atomic E-state index is 12.4. The van der Waals surface area contributed by atoms with Crippen LogP contribution in [0.4, 0.5) is 5.69 Å². The van der Waals surface area contributed by atoms with Gasteiger partial charge in [-0.15, -0.1) is 0 Å². The fourth-order valence-corrected chi connectivity index (χ4v) is 3.37. The van der Waals surface area contributed by atoms with Gasteiger partial charge in [0.1, 0.15) is 0 Å². The Balaban J connectivity index is 1.79. The molecule has 0 aromatic heterocycles. The second-order valence-corrected chi connectivity index (χ2v) is 7.05. The van der Waals surface area contributed by atoms with E-state index in [4.69, 9.17) is 19.9 Å². The number of methoxy groups -OCH3 is 3. The molecule has 0 fully saturated rings. The van der Waals surface area contributed by atoms with Crippen molar-refractivity contribution in [2.24, 2.45) is 0 Å². The lowest BCUT2D eigenvalue weighted by atomic mass is 10.0. The van der Waals surface area contributed by atoms with Gasteiger partial charge in [-0.1, -0.05) is 54.6 Å². The lowest BCUT2D eigenvalue weighted by Gasteiger charge is -2.13. The highest BCUT2D eigenvalue weighted by Crippen LogP contribution is 2.38. The number of nitrogen functional groups attached to an aromatic ring is 1. The summed E-state index contributed by atoms with van der Waals surface area (Å²) in [4.78, 5) is 12.4. The van der Waals surface area contributed by atoms with Crippen molar-refractivity contribution in [1.29, 1.82) is 0 Å². The van der Waals surface area contributed by atoms with Crippen molar-refractivity contribution in [2.75, 3.05) is 27.1 Å². The number of ketones is 1. The summed E-state index contributed by atoms with van der Waals surface area (Å²) in [6, 6.07) is 18.9. The third-order valence-corrected chi connectivity index (χ3v) is 5.03. The first-order valence-electron chi connectivity index (χ1n) is 10.2. The van der Waals surface area contributed by atoms with Crippen LogP contribution in [-0.2, 0) is 6.42 Å². The molecular weight excluding hydrogens is 402 g/mol. The average molecular weight is 430 g/mol.